The minimum atomic E-state index is -1.03. The number of benzene rings is 2. The van der Waals surface area contributed by atoms with Gasteiger partial charge in [0.2, 0.25) is 23.1 Å². The van der Waals surface area contributed by atoms with E-state index in [1.807, 2.05) is 76.2 Å². The second kappa shape index (κ2) is 8.62. The Kier molecular flexibility index (Phi) is 5.74. The number of carboxylic acids is 2. The number of hydrogen-bond acceptors (Lipinski definition) is 5. The Morgan fingerprint density at radius 2 is 1.50 bits per heavy atom. The third-order valence-corrected chi connectivity index (χ3v) is 7.97. The van der Waals surface area contributed by atoms with E-state index in [0.717, 1.165) is 22.5 Å². The maximum atomic E-state index is 13.3. The van der Waals surface area contributed by atoms with Gasteiger partial charge in [0.05, 0.1) is 21.9 Å². The number of para-hydroxylation sites is 2. The molecule has 38 heavy (non-hydrogen) atoms. The predicted octanol–water partition coefficient (Wildman–Crippen LogP) is 1.26. The molecule has 2 heterocycles. The molecule has 8 nitrogen and oxygen atoms in total. The number of carboxylic acid groups (broad SMARTS) is 2. The van der Waals surface area contributed by atoms with Crippen LogP contribution in [-0.2, 0) is 20.4 Å². The van der Waals surface area contributed by atoms with Gasteiger partial charge in [0.15, 0.2) is 5.71 Å². The summed E-state index contributed by atoms with van der Waals surface area (Å²) in [5.74, 6) is -2.03. The topological polar surface area (TPSA) is 115 Å². The van der Waals surface area contributed by atoms with Gasteiger partial charge in [-0.15, -0.1) is 0 Å². The zero-order valence-corrected chi connectivity index (χ0v) is 21.7. The molecule has 0 fully saturated rings. The highest BCUT2D eigenvalue weighted by Crippen LogP contribution is 2.45. The van der Waals surface area contributed by atoms with E-state index >= 15 is 0 Å². The van der Waals surface area contributed by atoms with Crippen LogP contribution < -0.4 is 26.2 Å². The number of aliphatic carboxylic acids is 2. The Balaban J connectivity index is 1.65. The number of fused-ring (bicyclic) bond motifs is 2. The lowest BCUT2D eigenvalue weighted by atomic mass is 9.79. The predicted molar refractivity (Wildman–Crippen MR) is 145 cm³/mol. The molecule has 1 unspecified atom stereocenters. The van der Waals surface area contributed by atoms with Gasteiger partial charge in [0, 0.05) is 28.8 Å². The van der Waals surface area contributed by atoms with Crippen LogP contribution in [0.4, 0.5) is 11.4 Å². The molecule has 0 saturated heterocycles. The normalized spacial score (nSPS) is 18.8. The number of rotatable bonds is 6. The van der Waals surface area contributed by atoms with Crippen molar-refractivity contribution in [3.05, 3.63) is 90.5 Å². The maximum absolute atomic E-state index is 13.3. The summed E-state index contributed by atoms with van der Waals surface area (Å²) < 4.78 is 1.64. The molecule has 1 atom stereocenters. The Morgan fingerprint density at radius 3 is 2.13 bits per heavy atom. The standard InChI is InChI=1S/C30H28N2O6/c1-29(2)19-9-5-7-11-21(19)31(15-25(33)34)23(29)13-17-27(37)18(28(17)38)14-24-30(3,4)20-10-6-8-12-22(20)32(24)16-26(35)36/h5-14,23H,15-16H2,1-4H3,(H-,33,34,35,36)/p+1. The van der Waals surface area contributed by atoms with Crippen molar-refractivity contribution in [2.75, 3.05) is 18.0 Å². The summed E-state index contributed by atoms with van der Waals surface area (Å²) in [7, 11) is 0. The highest BCUT2D eigenvalue weighted by atomic mass is 16.4. The maximum Gasteiger partial charge on any atom is 0.370 e. The molecule has 5 rings (SSSR count). The highest BCUT2D eigenvalue weighted by molar-refractivity contribution is 6.15. The monoisotopic (exact) mass is 513 g/mol. The lowest BCUT2D eigenvalue weighted by molar-refractivity contribution is -0.427. The minimum absolute atomic E-state index is 0.000576. The minimum Gasteiger partial charge on any atom is -0.480 e. The molecule has 0 aromatic heterocycles. The Hall–Kier alpha value is -4.33. The summed E-state index contributed by atoms with van der Waals surface area (Å²) in [5.41, 5.74) is 1.92. The van der Waals surface area contributed by atoms with E-state index in [0.29, 0.717) is 5.71 Å². The summed E-state index contributed by atoms with van der Waals surface area (Å²) in [6, 6.07) is 14.4. The van der Waals surface area contributed by atoms with Crippen LogP contribution in [0, 0.1) is 0 Å². The zero-order chi connectivity index (χ0) is 27.6. The van der Waals surface area contributed by atoms with Gasteiger partial charge in [-0.05, 0) is 31.6 Å². The first-order chi connectivity index (χ1) is 17.9. The van der Waals surface area contributed by atoms with Gasteiger partial charge in [-0.3, -0.25) is 14.4 Å². The van der Waals surface area contributed by atoms with Crippen LogP contribution in [0.1, 0.15) is 38.8 Å². The Morgan fingerprint density at radius 1 is 0.895 bits per heavy atom. The molecule has 2 N–H and O–H groups in total. The quantitative estimate of drug-likeness (QED) is 0.477. The first-order valence-corrected chi connectivity index (χ1v) is 12.4. The average Bonchev–Trinajstić information content (AvgIpc) is 3.19. The van der Waals surface area contributed by atoms with Crippen molar-refractivity contribution in [2.45, 2.75) is 44.6 Å². The molecule has 3 aromatic rings. The molecule has 8 heteroatoms. The van der Waals surface area contributed by atoms with Crippen LogP contribution in [0.3, 0.4) is 0 Å². The molecule has 194 valence electrons. The van der Waals surface area contributed by atoms with Gasteiger partial charge in [-0.25, -0.2) is 4.79 Å². The van der Waals surface area contributed by atoms with Crippen LogP contribution in [0.15, 0.2) is 58.1 Å². The first-order valence-electron chi connectivity index (χ1n) is 12.4. The van der Waals surface area contributed by atoms with Crippen molar-refractivity contribution in [1.82, 2.24) is 0 Å². The molecule has 0 saturated carbocycles. The largest absolute Gasteiger partial charge is 0.480 e. The number of hydrogen-bond donors (Lipinski definition) is 2. The van der Waals surface area contributed by atoms with Gasteiger partial charge in [0.1, 0.15) is 6.54 Å². The Bertz CT molecular complexity index is 1700. The summed E-state index contributed by atoms with van der Waals surface area (Å²) in [5, 5.41) is 19.1. The zero-order valence-electron chi connectivity index (χ0n) is 21.7. The molecule has 2 aliphatic heterocycles. The molecule has 0 aliphatic carbocycles. The summed E-state index contributed by atoms with van der Waals surface area (Å²) in [6.45, 7) is 7.24. The average molecular weight is 514 g/mol. The summed E-state index contributed by atoms with van der Waals surface area (Å²) >= 11 is 0. The molecule has 2 aliphatic rings. The number of anilines is 1. The highest BCUT2D eigenvalue weighted by Gasteiger charge is 2.46. The van der Waals surface area contributed by atoms with Gasteiger partial charge in [-0.2, -0.15) is 4.58 Å². The summed E-state index contributed by atoms with van der Waals surface area (Å²) in [4.78, 5) is 51.7. The van der Waals surface area contributed by atoms with Crippen molar-refractivity contribution in [3.8, 4) is 0 Å². The van der Waals surface area contributed by atoms with Crippen molar-refractivity contribution in [2.24, 2.45) is 0 Å². The molecular formula is C30H29N2O6+. The summed E-state index contributed by atoms with van der Waals surface area (Å²) in [6.07, 6.45) is 3.12. The van der Waals surface area contributed by atoms with Gasteiger partial charge < -0.3 is 15.1 Å². The smallest absolute Gasteiger partial charge is 0.370 e. The molecule has 0 amide bonds. The van der Waals surface area contributed by atoms with Crippen LogP contribution in [-0.4, -0.2) is 51.6 Å². The number of nitrogens with zero attached hydrogens (tertiary/aromatic N) is 2. The van der Waals surface area contributed by atoms with E-state index in [4.69, 9.17) is 0 Å². The lowest BCUT2D eigenvalue weighted by Crippen LogP contribution is -2.66. The van der Waals surface area contributed by atoms with Crippen LogP contribution in [0.5, 0.6) is 0 Å². The van der Waals surface area contributed by atoms with Crippen molar-refractivity contribution < 1.29 is 24.4 Å². The van der Waals surface area contributed by atoms with Crippen molar-refractivity contribution >= 4 is 41.2 Å². The van der Waals surface area contributed by atoms with E-state index in [1.54, 1.807) is 15.6 Å². The fourth-order valence-corrected chi connectivity index (χ4v) is 6.01. The van der Waals surface area contributed by atoms with E-state index in [1.165, 1.54) is 6.08 Å². The van der Waals surface area contributed by atoms with Gasteiger partial charge in [0.25, 0.3) is 0 Å². The van der Waals surface area contributed by atoms with Crippen LogP contribution in [0.25, 0.3) is 12.2 Å². The van der Waals surface area contributed by atoms with Gasteiger partial charge in [-0.1, -0.05) is 50.2 Å². The van der Waals surface area contributed by atoms with E-state index < -0.39 is 39.7 Å². The fourth-order valence-electron chi connectivity index (χ4n) is 6.01. The van der Waals surface area contributed by atoms with E-state index in [-0.39, 0.29) is 23.5 Å². The second-order valence-electron chi connectivity index (χ2n) is 11.0. The fraction of sp³-hybridized carbons (Fsp3) is 0.300. The van der Waals surface area contributed by atoms with Crippen LogP contribution in [0.2, 0.25) is 0 Å². The lowest BCUT2D eigenvalue weighted by Gasteiger charge is -2.31. The van der Waals surface area contributed by atoms with Crippen LogP contribution >= 0.6 is 0 Å². The SMILES string of the molecule is CC1(C)C(C=c2c(=O)c(=CC3N(CC(=O)O)c4ccccc4C3(C)C)c2=O)=[N+](CC(=O)O)c2ccccc21. The molecule has 0 radical (unpaired) electrons. The molecule has 0 bridgehead atoms. The van der Waals surface area contributed by atoms with Crippen molar-refractivity contribution in [1.29, 1.82) is 0 Å². The number of carbonyl (C=O) groups is 2. The molecule has 3 aromatic carbocycles. The van der Waals surface area contributed by atoms with Crippen molar-refractivity contribution in [3.63, 3.8) is 0 Å². The third kappa shape index (κ3) is 3.70. The second-order valence-corrected chi connectivity index (χ2v) is 11.0. The Labute approximate surface area is 218 Å². The molecular weight excluding hydrogens is 484 g/mol. The van der Waals surface area contributed by atoms with Gasteiger partial charge >= 0.3 is 11.9 Å². The third-order valence-electron chi connectivity index (χ3n) is 7.97. The van der Waals surface area contributed by atoms with E-state index in [9.17, 15) is 29.4 Å². The molecule has 0 spiro atoms. The first kappa shape index (κ1) is 25.3. The van der Waals surface area contributed by atoms with E-state index in [2.05, 4.69) is 0 Å².